The second kappa shape index (κ2) is 6.79. The lowest BCUT2D eigenvalue weighted by molar-refractivity contribution is -0.304. The van der Waals surface area contributed by atoms with Crippen molar-refractivity contribution in [2.45, 2.75) is 50.8 Å². The molecule has 0 radical (unpaired) electrons. The van der Waals surface area contributed by atoms with Crippen LogP contribution in [0, 0.1) is 0 Å². The van der Waals surface area contributed by atoms with E-state index in [9.17, 15) is 24.9 Å². The Hall–Kier alpha value is -1.02. The minimum Gasteiger partial charge on any atom is -0.550 e. The third-order valence-corrected chi connectivity index (χ3v) is 2.69. The van der Waals surface area contributed by atoms with Crippen molar-refractivity contribution >= 4 is 11.8 Å². The van der Waals surface area contributed by atoms with Crippen molar-refractivity contribution in [2.75, 3.05) is 6.61 Å². The van der Waals surface area contributed by atoms with Crippen molar-refractivity contribution in [2.24, 2.45) is 0 Å². The lowest BCUT2D eigenvalue weighted by atomic mass is 10.0. The van der Waals surface area contributed by atoms with Gasteiger partial charge in [-0.1, -0.05) is 0 Å². The maximum absolute atomic E-state index is 11.0. The van der Waals surface area contributed by atoms with Crippen LogP contribution in [0.3, 0.4) is 0 Å². The summed E-state index contributed by atoms with van der Waals surface area (Å²) >= 11 is 0. The van der Waals surface area contributed by atoms with Crippen LogP contribution in [-0.2, 0) is 19.1 Å². The quantitative estimate of drug-likeness (QED) is 0.529. The maximum atomic E-state index is 11.0. The fourth-order valence-corrected chi connectivity index (χ4v) is 1.63. The van der Waals surface area contributed by atoms with Crippen LogP contribution in [-0.4, -0.2) is 53.2 Å². The van der Waals surface area contributed by atoms with E-state index in [4.69, 9.17) is 9.47 Å². The van der Waals surface area contributed by atoms with E-state index in [1.807, 2.05) is 0 Å². The molecule has 18 heavy (non-hydrogen) atoms. The molecule has 104 valence electrons. The van der Waals surface area contributed by atoms with Gasteiger partial charge in [-0.3, -0.25) is 4.79 Å². The average molecular weight is 261 g/mol. The summed E-state index contributed by atoms with van der Waals surface area (Å²) in [5.41, 5.74) is 0. The highest BCUT2D eigenvalue weighted by Gasteiger charge is 2.34. The number of carbonyl (C=O) groups is 2. The summed E-state index contributed by atoms with van der Waals surface area (Å²) in [5.74, 6) is -1.93. The van der Waals surface area contributed by atoms with E-state index >= 15 is 0 Å². The Bertz CT molecular complexity index is 304. The van der Waals surface area contributed by atoms with Crippen LogP contribution in [0.2, 0.25) is 0 Å². The second-order valence-corrected chi connectivity index (χ2v) is 4.29. The van der Waals surface area contributed by atoms with E-state index in [0.29, 0.717) is 0 Å². The Labute approximate surface area is 104 Å². The molecule has 0 aliphatic carbocycles. The van der Waals surface area contributed by atoms with Gasteiger partial charge in [0, 0.05) is 25.2 Å². The van der Waals surface area contributed by atoms with E-state index < -0.39 is 42.8 Å². The maximum Gasteiger partial charge on any atom is 0.183 e. The van der Waals surface area contributed by atoms with Gasteiger partial charge in [-0.15, -0.1) is 0 Å². The number of carbonyl (C=O) groups excluding carboxylic acids is 2. The Morgan fingerprint density at radius 2 is 2.06 bits per heavy atom. The molecule has 1 heterocycles. The molecule has 0 aromatic heterocycles. The summed E-state index contributed by atoms with van der Waals surface area (Å²) in [4.78, 5) is 21.2. The molecule has 7 heteroatoms. The summed E-state index contributed by atoms with van der Waals surface area (Å²) in [6.07, 6.45) is -3.67. The molecule has 1 aliphatic heterocycles. The van der Waals surface area contributed by atoms with E-state index in [-0.39, 0.29) is 19.4 Å². The largest absolute Gasteiger partial charge is 0.550 e. The van der Waals surface area contributed by atoms with Gasteiger partial charge in [0.05, 0.1) is 18.8 Å². The molecular formula is C11H17O7-. The number of aliphatic carboxylic acids is 1. The highest BCUT2D eigenvalue weighted by Crippen LogP contribution is 2.20. The summed E-state index contributed by atoms with van der Waals surface area (Å²) in [5, 5.41) is 29.1. The zero-order chi connectivity index (χ0) is 13.7. The predicted octanol–water partition coefficient (Wildman–Crippen LogP) is -2.04. The second-order valence-electron chi connectivity index (χ2n) is 4.29. The number of carboxylic acids is 1. The number of hydrogen-bond acceptors (Lipinski definition) is 7. The van der Waals surface area contributed by atoms with E-state index in [1.54, 1.807) is 6.92 Å². The summed E-state index contributed by atoms with van der Waals surface area (Å²) < 4.78 is 10.4. The highest BCUT2D eigenvalue weighted by molar-refractivity contribution is 5.93. The molecule has 7 nitrogen and oxygen atoms in total. The third-order valence-electron chi connectivity index (χ3n) is 2.69. The third kappa shape index (κ3) is 4.69. The number of carboxylic acid groups (broad SMARTS) is 1. The molecule has 1 aliphatic rings. The van der Waals surface area contributed by atoms with Gasteiger partial charge < -0.3 is 29.6 Å². The fourth-order valence-electron chi connectivity index (χ4n) is 1.63. The highest BCUT2D eigenvalue weighted by atomic mass is 16.7. The summed E-state index contributed by atoms with van der Waals surface area (Å²) in [6, 6.07) is 0. The average Bonchev–Trinajstić information content (AvgIpc) is 2.24. The first kappa shape index (κ1) is 15.0. The first-order chi connectivity index (χ1) is 8.40. The molecule has 0 aromatic rings. The van der Waals surface area contributed by atoms with Crippen molar-refractivity contribution < 1.29 is 34.4 Å². The summed E-state index contributed by atoms with van der Waals surface area (Å²) in [7, 11) is 0. The van der Waals surface area contributed by atoms with Crippen LogP contribution in [0.1, 0.15) is 26.2 Å². The Morgan fingerprint density at radius 3 is 2.67 bits per heavy atom. The molecule has 0 bridgehead atoms. The lowest BCUT2D eigenvalue weighted by Gasteiger charge is -2.35. The SMILES string of the molecule is C[C@@H]1O[C@@H](OCCC(=O)CC(=O)[O-])[C@H](O)C[C@H]1O. The number of aliphatic hydroxyl groups excluding tert-OH is 2. The molecule has 1 saturated heterocycles. The van der Waals surface area contributed by atoms with Crippen LogP contribution in [0.4, 0.5) is 0 Å². The van der Waals surface area contributed by atoms with Crippen molar-refractivity contribution in [3.8, 4) is 0 Å². The zero-order valence-electron chi connectivity index (χ0n) is 10.1. The molecule has 0 amide bonds. The zero-order valence-corrected chi connectivity index (χ0v) is 10.1. The standard InChI is InChI=1S/C11H18O7/c1-6-8(13)5-9(14)11(18-6)17-3-2-7(12)4-10(15)16/h6,8-9,11,13-14H,2-5H2,1H3,(H,15,16)/p-1/t6-,8+,9+,11+/m0/s1. The van der Waals surface area contributed by atoms with E-state index in [1.165, 1.54) is 0 Å². The number of rotatable bonds is 6. The van der Waals surface area contributed by atoms with Gasteiger partial charge in [0.2, 0.25) is 0 Å². The van der Waals surface area contributed by atoms with Gasteiger partial charge in [0.25, 0.3) is 0 Å². The predicted molar refractivity (Wildman–Crippen MR) is 56.2 cm³/mol. The minimum atomic E-state index is -1.43. The van der Waals surface area contributed by atoms with Crippen molar-refractivity contribution in [3.63, 3.8) is 0 Å². The van der Waals surface area contributed by atoms with E-state index in [2.05, 4.69) is 0 Å². The van der Waals surface area contributed by atoms with Crippen molar-refractivity contribution in [1.82, 2.24) is 0 Å². The molecule has 0 spiro atoms. The van der Waals surface area contributed by atoms with Crippen LogP contribution in [0.25, 0.3) is 0 Å². The molecule has 0 unspecified atom stereocenters. The van der Waals surface area contributed by atoms with E-state index in [0.717, 1.165) is 0 Å². The van der Waals surface area contributed by atoms with Gasteiger partial charge in [-0.2, -0.15) is 0 Å². The smallest absolute Gasteiger partial charge is 0.183 e. The number of aliphatic hydroxyl groups is 2. The van der Waals surface area contributed by atoms with Crippen molar-refractivity contribution in [1.29, 1.82) is 0 Å². The monoisotopic (exact) mass is 261 g/mol. The minimum absolute atomic E-state index is 0.0450. The Morgan fingerprint density at radius 1 is 1.39 bits per heavy atom. The number of Topliss-reactive ketones (excluding diaryl/α,β-unsaturated/α-hetero) is 1. The molecule has 2 N–H and O–H groups in total. The molecule has 0 aromatic carbocycles. The number of ether oxygens (including phenoxy) is 2. The topological polar surface area (TPSA) is 116 Å². The van der Waals surface area contributed by atoms with Crippen LogP contribution in [0.5, 0.6) is 0 Å². The fraction of sp³-hybridized carbons (Fsp3) is 0.818. The molecule has 1 fully saturated rings. The van der Waals surface area contributed by atoms with Crippen LogP contribution in [0.15, 0.2) is 0 Å². The molecular weight excluding hydrogens is 244 g/mol. The van der Waals surface area contributed by atoms with Crippen molar-refractivity contribution in [3.05, 3.63) is 0 Å². The first-order valence-corrected chi connectivity index (χ1v) is 5.75. The Balaban J connectivity index is 2.26. The summed E-state index contributed by atoms with van der Waals surface area (Å²) in [6.45, 7) is 1.60. The van der Waals surface area contributed by atoms with Gasteiger partial charge in [-0.25, -0.2) is 0 Å². The molecule has 1 rings (SSSR count). The Kier molecular flexibility index (Phi) is 5.67. The number of hydrogen-bond donors (Lipinski definition) is 2. The molecule has 0 saturated carbocycles. The number of ketones is 1. The van der Waals surface area contributed by atoms with Gasteiger partial charge in [0.1, 0.15) is 11.9 Å². The van der Waals surface area contributed by atoms with Crippen LogP contribution < -0.4 is 5.11 Å². The van der Waals surface area contributed by atoms with Gasteiger partial charge in [0.15, 0.2) is 6.29 Å². The lowest BCUT2D eigenvalue weighted by Crippen LogP contribution is -2.47. The normalized spacial score (nSPS) is 32.2. The first-order valence-electron chi connectivity index (χ1n) is 5.75. The van der Waals surface area contributed by atoms with Crippen LogP contribution >= 0.6 is 0 Å². The molecule has 4 atom stereocenters. The van der Waals surface area contributed by atoms with Gasteiger partial charge >= 0.3 is 0 Å². The van der Waals surface area contributed by atoms with Gasteiger partial charge in [-0.05, 0) is 6.92 Å².